The zero-order valence-corrected chi connectivity index (χ0v) is 15.7. The van der Waals surface area contributed by atoms with Gasteiger partial charge in [0, 0.05) is 52.4 Å². The number of guanidine groups is 1. The molecule has 0 saturated carbocycles. The van der Waals surface area contributed by atoms with Gasteiger partial charge < -0.3 is 14.7 Å². The number of aryl methyl sites for hydroxylation is 1. The number of nitrogens with zero attached hydrogens (tertiary/aromatic N) is 4. The van der Waals surface area contributed by atoms with Crippen molar-refractivity contribution >= 4 is 5.96 Å². The average molecular weight is 377 g/mol. The van der Waals surface area contributed by atoms with Crippen molar-refractivity contribution in [1.29, 1.82) is 0 Å². The minimum Gasteiger partial charge on any atom is -0.361 e. The number of benzene rings is 1. The van der Waals surface area contributed by atoms with Gasteiger partial charge in [-0.2, -0.15) is 0 Å². The Balaban J connectivity index is 1.45. The third kappa shape index (κ3) is 5.26. The van der Waals surface area contributed by atoms with E-state index in [1.165, 1.54) is 6.07 Å². The lowest BCUT2D eigenvalue weighted by atomic mass is 10.1. The van der Waals surface area contributed by atoms with Crippen molar-refractivity contribution in [2.24, 2.45) is 4.99 Å². The zero-order chi connectivity index (χ0) is 19.2. The van der Waals surface area contributed by atoms with Crippen molar-refractivity contribution in [2.45, 2.75) is 19.9 Å². The molecule has 0 spiro atoms. The van der Waals surface area contributed by atoms with E-state index in [0.29, 0.717) is 18.5 Å². The molecule has 0 atom stereocenters. The van der Waals surface area contributed by atoms with Gasteiger partial charge in [-0.05, 0) is 37.1 Å². The lowest BCUT2D eigenvalue weighted by Crippen LogP contribution is -2.52. The summed E-state index contributed by atoms with van der Waals surface area (Å²) in [5.41, 5.74) is 1.31. The van der Waals surface area contributed by atoms with Crippen LogP contribution in [0.4, 0.5) is 8.78 Å². The van der Waals surface area contributed by atoms with Crippen molar-refractivity contribution in [3.05, 3.63) is 52.9 Å². The molecule has 2 aromatic rings. The number of rotatable bonds is 5. The lowest BCUT2D eigenvalue weighted by Gasteiger charge is -2.36. The molecule has 1 aliphatic rings. The van der Waals surface area contributed by atoms with Gasteiger partial charge in [-0.15, -0.1) is 0 Å². The van der Waals surface area contributed by atoms with E-state index in [4.69, 9.17) is 4.52 Å². The van der Waals surface area contributed by atoms with E-state index in [1.807, 2.05) is 13.0 Å². The molecule has 3 rings (SSSR count). The summed E-state index contributed by atoms with van der Waals surface area (Å²) in [6.07, 6.45) is 0.397. The Kier molecular flexibility index (Phi) is 6.39. The van der Waals surface area contributed by atoms with Gasteiger partial charge in [0.2, 0.25) is 0 Å². The highest BCUT2D eigenvalue weighted by Crippen LogP contribution is 2.11. The molecule has 0 bridgehead atoms. The number of halogens is 2. The van der Waals surface area contributed by atoms with Crippen molar-refractivity contribution < 1.29 is 13.3 Å². The summed E-state index contributed by atoms with van der Waals surface area (Å²) in [7, 11) is 1.73. The Hall–Kier alpha value is -2.48. The third-order valence-electron chi connectivity index (χ3n) is 4.63. The molecule has 0 amide bonds. The summed E-state index contributed by atoms with van der Waals surface area (Å²) in [6, 6.07) is 5.49. The van der Waals surface area contributed by atoms with Crippen LogP contribution in [0.5, 0.6) is 0 Å². The number of aromatic nitrogens is 1. The number of piperazine rings is 1. The molecule has 8 heteroatoms. The molecule has 1 fully saturated rings. The molecular weight excluding hydrogens is 352 g/mol. The summed E-state index contributed by atoms with van der Waals surface area (Å²) in [5.74, 6) is 0.797. The van der Waals surface area contributed by atoms with E-state index in [-0.39, 0.29) is 5.82 Å². The highest BCUT2D eigenvalue weighted by Gasteiger charge is 2.20. The van der Waals surface area contributed by atoms with Crippen LogP contribution in [0, 0.1) is 18.6 Å². The number of hydrogen-bond acceptors (Lipinski definition) is 4. The number of aliphatic imine (C=N–C) groups is 1. The van der Waals surface area contributed by atoms with E-state index in [1.54, 1.807) is 7.05 Å². The van der Waals surface area contributed by atoms with E-state index < -0.39 is 5.82 Å². The maximum absolute atomic E-state index is 13.7. The van der Waals surface area contributed by atoms with E-state index in [0.717, 1.165) is 62.3 Å². The second-order valence-corrected chi connectivity index (χ2v) is 6.65. The highest BCUT2D eigenvalue weighted by atomic mass is 19.1. The summed E-state index contributed by atoms with van der Waals surface area (Å²) in [4.78, 5) is 8.81. The van der Waals surface area contributed by atoms with E-state index in [2.05, 4.69) is 25.3 Å². The number of nitrogens with one attached hydrogen (secondary N) is 1. The van der Waals surface area contributed by atoms with Crippen LogP contribution in [-0.2, 0) is 13.0 Å². The van der Waals surface area contributed by atoms with Crippen LogP contribution in [0.15, 0.2) is 33.8 Å². The first-order chi connectivity index (χ1) is 13.0. The van der Waals surface area contributed by atoms with Gasteiger partial charge in [-0.25, -0.2) is 8.78 Å². The molecule has 6 nitrogen and oxygen atoms in total. The first kappa shape index (κ1) is 19.3. The van der Waals surface area contributed by atoms with Crippen LogP contribution in [0.2, 0.25) is 0 Å². The molecule has 1 aromatic heterocycles. The summed E-state index contributed by atoms with van der Waals surface area (Å²) in [6.45, 7) is 6.62. The number of hydrogen-bond donors (Lipinski definition) is 1. The molecule has 146 valence electrons. The summed E-state index contributed by atoms with van der Waals surface area (Å²) >= 11 is 0. The molecule has 0 radical (unpaired) electrons. The van der Waals surface area contributed by atoms with Gasteiger partial charge >= 0.3 is 0 Å². The van der Waals surface area contributed by atoms with Crippen molar-refractivity contribution in [3.8, 4) is 0 Å². The van der Waals surface area contributed by atoms with Gasteiger partial charge in [0.15, 0.2) is 5.96 Å². The SMILES string of the molecule is CN=C(NCCc1cc(F)ccc1F)N1CCN(Cc2cc(C)on2)CC1. The maximum atomic E-state index is 13.7. The second-order valence-electron chi connectivity index (χ2n) is 6.65. The van der Waals surface area contributed by atoms with Crippen LogP contribution in [0.25, 0.3) is 0 Å². The molecule has 1 N–H and O–H groups in total. The van der Waals surface area contributed by atoms with Crippen LogP contribution < -0.4 is 5.32 Å². The fourth-order valence-electron chi connectivity index (χ4n) is 3.22. The van der Waals surface area contributed by atoms with Crippen LogP contribution >= 0.6 is 0 Å². The van der Waals surface area contributed by atoms with E-state index in [9.17, 15) is 8.78 Å². The second kappa shape index (κ2) is 8.94. The van der Waals surface area contributed by atoms with E-state index >= 15 is 0 Å². The minimum absolute atomic E-state index is 0.366. The predicted octanol–water partition coefficient (Wildman–Crippen LogP) is 2.20. The Morgan fingerprint density at radius 2 is 2.00 bits per heavy atom. The zero-order valence-electron chi connectivity index (χ0n) is 15.7. The Morgan fingerprint density at radius 1 is 1.22 bits per heavy atom. The van der Waals surface area contributed by atoms with Gasteiger partial charge in [0.25, 0.3) is 0 Å². The first-order valence-corrected chi connectivity index (χ1v) is 9.09. The fraction of sp³-hybridized carbons (Fsp3) is 0.474. The maximum Gasteiger partial charge on any atom is 0.193 e. The van der Waals surface area contributed by atoms with Crippen molar-refractivity contribution in [2.75, 3.05) is 39.8 Å². The fourth-order valence-corrected chi connectivity index (χ4v) is 3.22. The van der Waals surface area contributed by atoms with Crippen LogP contribution in [0.1, 0.15) is 17.0 Å². The van der Waals surface area contributed by atoms with Crippen molar-refractivity contribution in [1.82, 2.24) is 20.3 Å². The monoisotopic (exact) mass is 377 g/mol. The molecular formula is C19H25F2N5O. The normalized spacial score (nSPS) is 16.0. The van der Waals surface area contributed by atoms with Gasteiger partial charge in [0.1, 0.15) is 17.4 Å². The lowest BCUT2D eigenvalue weighted by molar-refractivity contribution is 0.169. The topological polar surface area (TPSA) is 56.9 Å². The molecule has 1 aliphatic heterocycles. The molecule has 0 unspecified atom stereocenters. The van der Waals surface area contributed by atoms with Gasteiger partial charge in [0.05, 0.1) is 5.69 Å². The third-order valence-corrected chi connectivity index (χ3v) is 4.63. The Labute approximate surface area is 157 Å². The smallest absolute Gasteiger partial charge is 0.193 e. The standard InChI is InChI=1S/C19H25F2N5O/c1-14-11-17(24-27-14)13-25-7-9-26(10-8-25)19(22-2)23-6-5-15-12-16(20)3-4-18(15)21/h3-4,11-12H,5-10,13H2,1-2H3,(H,22,23). The van der Waals surface area contributed by atoms with Crippen LogP contribution in [0.3, 0.4) is 0 Å². The molecule has 27 heavy (non-hydrogen) atoms. The van der Waals surface area contributed by atoms with Gasteiger partial charge in [-0.3, -0.25) is 9.89 Å². The summed E-state index contributed by atoms with van der Waals surface area (Å²) < 4.78 is 32.1. The molecule has 1 saturated heterocycles. The molecule has 0 aliphatic carbocycles. The first-order valence-electron chi connectivity index (χ1n) is 9.09. The Morgan fingerprint density at radius 3 is 2.67 bits per heavy atom. The van der Waals surface area contributed by atoms with Crippen molar-refractivity contribution in [3.63, 3.8) is 0 Å². The van der Waals surface area contributed by atoms with Crippen LogP contribution in [-0.4, -0.2) is 60.7 Å². The molecule has 2 heterocycles. The Bertz CT molecular complexity index is 784. The largest absolute Gasteiger partial charge is 0.361 e. The van der Waals surface area contributed by atoms with Gasteiger partial charge in [-0.1, -0.05) is 5.16 Å². The highest BCUT2D eigenvalue weighted by molar-refractivity contribution is 5.80. The quantitative estimate of drug-likeness (QED) is 0.640. The molecule has 1 aromatic carbocycles. The summed E-state index contributed by atoms with van der Waals surface area (Å²) in [5, 5.41) is 7.28. The average Bonchev–Trinajstić information content (AvgIpc) is 3.07. The predicted molar refractivity (Wildman–Crippen MR) is 99.5 cm³/mol. The minimum atomic E-state index is -0.422.